The van der Waals surface area contributed by atoms with Gasteiger partial charge in [-0.1, -0.05) is 25.1 Å². The summed E-state index contributed by atoms with van der Waals surface area (Å²) in [5.41, 5.74) is 1.25. The van der Waals surface area contributed by atoms with Crippen LogP contribution in [-0.4, -0.2) is 67.1 Å². The number of hydrogen-bond acceptors (Lipinski definition) is 6. The second-order valence-corrected chi connectivity index (χ2v) is 9.02. The van der Waals surface area contributed by atoms with Crippen molar-refractivity contribution >= 4 is 11.6 Å². The molecule has 1 N–H and O–H groups in total. The first-order valence-corrected chi connectivity index (χ1v) is 12.4. The summed E-state index contributed by atoms with van der Waals surface area (Å²) in [6, 6.07) is 12.9. The topological polar surface area (TPSA) is 66.9 Å². The number of pyridine rings is 1. The number of rotatable bonds is 9. The molecule has 1 amide bonds. The van der Waals surface area contributed by atoms with Gasteiger partial charge >= 0.3 is 6.18 Å². The average Bonchev–Trinajstić information content (AvgIpc) is 2.93. The van der Waals surface area contributed by atoms with Crippen molar-refractivity contribution in [1.82, 2.24) is 14.8 Å². The number of piperazine rings is 1. The lowest BCUT2D eigenvalue weighted by atomic mass is 10.0. The Bertz CT molecular complexity index is 1230. The van der Waals surface area contributed by atoms with Crippen molar-refractivity contribution < 1.29 is 27.4 Å². The first-order valence-electron chi connectivity index (χ1n) is 12.4. The van der Waals surface area contributed by atoms with Gasteiger partial charge in [0.15, 0.2) is 18.1 Å². The minimum atomic E-state index is -4.54. The number of nitrogens with one attached hydrogen (secondary N) is 1. The first kappa shape index (κ1) is 27.4. The van der Waals surface area contributed by atoms with Gasteiger partial charge in [0.2, 0.25) is 0 Å². The number of hydrogen-bond donors (Lipinski definition) is 1. The zero-order valence-corrected chi connectivity index (χ0v) is 21.4. The Balaban J connectivity index is 1.40. The van der Waals surface area contributed by atoms with E-state index in [0.717, 1.165) is 36.8 Å². The number of halogens is 3. The Morgan fingerprint density at radius 1 is 1.00 bits per heavy atom. The van der Waals surface area contributed by atoms with Gasteiger partial charge in [-0.2, -0.15) is 13.2 Å². The van der Waals surface area contributed by atoms with Gasteiger partial charge in [0.25, 0.3) is 5.91 Å². The molecular weight excluding hydrogens is 497 g/mol. The van der Waals surface area contributed by atoms with E-state index in [1.807, 2.05) is 23.1 Å². The monoisotopic (exact) mass is 528 g/mol. The fourth-order valence-corrected chi connectivity index (χ4v) is 4.40. The highest BCUT2D eigenvalue weighted by molar-refractivity contribution is 5.92. The third-order valence-corrected chi connectivity index (χ3v) is 6.52. The normalized spacial score (nSPS) is 14.8. The van der Waals surface area contributed by atoms with Gasteiger partial charge in [0, 0.05) is 56.4 Å². The van der Waals surface area contributed by atoms with Gasteiger partial charge < -0.3 is 19.7 Å². The van der Waals surface area contributed by atoms with Crippen LogP contribution in [-0.2, 0) is 17.5 Å². The van der Waals surface area contributed by atoms with Gasteiger partial charge in [-0.05, 0) is 48.0 Å². The Hall–Kier alpha value is -3.63. The van der Waals surface area contributed by atoms with E-state index in [-0.39, 0.29) is 17.8 Å². The molecule has 202 valence electrons. The molecule has 7 nitrogen and oxygen atoms in total. The van der Waals surface area contributed by atoms with Crippen LogP contribution in [0.2, 0.25) is 0 Å². The van der Waals surface area contributed by atoms with E-state index in [2.05, 4.69) is 22.1 Å². The molecule has 0 bridgehead atoms. The van der Waals surface area contributed by atoms with Crippen LogP contribution in [0.5, 0.6) is 11.5 Å². The number of methoxy groups -OCH3 is 1. The van der Waals surface area contributed by atoms with E-state index in [1.165, 1.54) is 19.2 Å². The number of benzene rings is 2. The lowest BCUT2D eigenvalue weighted by Crippen LogP contribution is -2.45. The fraction of sp³-hybridized carbons (Fsp3) is 0.357. The molecule has 2 aromatic carbocycles. The predicted octanol–water partition coefficient (Wildman–Crippen LogP) is 4.93. The van der Waals surface area contributed by atoms with Gasteiger partial charge in [-0.3, -0.25) is 14.7 Å². The molecule has 2 heterocycles. The van der Waals surface area contributed by atoms with Crippen molar-refractivity contribution in [2.24, 2.45) is 0 Å². The van der Waals surface area contributed by atoms with E-state index in [1.54, 1.807) is 24.5 Å². The van der Waals surface area contributed by atoms with Crippen LogP contribution in [0.4, 0.5) is 18.9 Å². The highest BCUT2D eigenvalue weighted by Gasteiger charge is 2.34. The van der Waals surface area contributed by atoms with Crippen molar-refractivity contribution in [3.8, 4) is 22.6 Å². The third-order valence-electron chi connectivity index (χ3n) is 6.52. The lowest BCUT2D eigenvalue weighted by molar-refractivity contribution is -0.138. The predicted molar refractivity (Wildman–Crippen MR) is 139 cm³/mol. The maximum Gasteiger partial charge on any atom is 0.416 e. The van der Waals surface area contributed by atoms with E-state index in [4.69, 9.17) is 9.47 Å². The molecule has 0 spiro atoms. The van der Waals surface area contributed by atoms with Crippen molar-refractivity contribution in [2.75, 3.05) is 51.8 Å². The molecule has 4 rings (SSSR count). The fourth-order valence-electron chi connectivity index (χ4n) is 4.40. The highest BCUT2D eigenvalue weighted by atomic mass is 19.4. The molecule has 1 aliphatic heterocycles. The summed E-state index contributed by atoms with van der Waals surface area (Å²) in [6.07, 6.45) is -1.15. The Morgan fingerprint density at radius 2 is 1.76 bits per heavy atom. The van der Waals surface area contributed by atoms with Gasteiger partial charge in [-0.25, -0.2) is 0 Å². The van der Waals surface area contributed by atoms with E-state index >= 15 is 0 Å². The number of likely N-dealkylation sites (N-methyl/N-ethyl adjacent to an activating group) is 1. The summed E-state index contributed by atoms with van der Waals surface area (Å²) in [5, 5.41) is 2.51. The van der Waals surface area contributed by atoms with E-state index in [0.29, 0.717) is 24.6 Å². The Labute approximate surface area is 220 Å². The van der Waals surface area contributed by atoms with Crippen LogP contribution >= 0.6 is 0 Å². The molecule has 1 aliphatic rings. The highest BCUT2D eigenvalue weighted by Crippen LogP contribution is 2.35. The van der Waals surface area contributed by atoms with Crippen molar-refractivity contribution in [2.45, 2.75) is 19.6 Å². The van der Waals surface area contributed by atoms with Gasteiger partial charge in [-0.15, -0.1) is 0 Å². The summed E-state index contributed by atoms with van der Waals surface area (Å²) >= 11 is 0. The minimum absolute atomic E-state index is 0.0596. The summed E-state index contributed by atoms with van der Waals surface area (Å²) < 4.78 is 52.6. The summed E-state index contributed by atoms with van der Waals surface area (Å²) in [6.45, 7) is 5.92. The number of aromatic nitrogens is 1. The Morgan fingerprint density at radius 3 is 2.42 bits per heavy atom. The second-order valence-electron chi connectivity index (χ2n) is 9.02. The quantitative estimate of drug-likeness (QED) is 0.425. The average molecular weight is 529 g/mol. The third kappa shape index (κ3) is 7.02. The van der Waals surface area contributed by atoms with Gasteiger partial charge in [0.1, 0.15) is 0 Å². The van der Waals surface area contributed by atoms with Crippen LogP contribution < -0.4 is 14.8 Å². The van der Waals surface area contributed by atoms with Crippen LogP contribution in [0.15, 0.2) is 60.9 Å². The number of anilines is 1. The Kier molecular flexibility index (Phi) is 8.85. The molecule has 0 radical (unpaired) electrons. The summed E-state index contributed by atoms with van der Waals surface area (Å²) in [4.78, 5) is 20.9. The standard InChI is InChI=1S/C28H31F3N4O3/c1-3-34-11-13-35(14-12-34)18-22-6-8-23(16-24(22)28(29,30)31)33-27(36)19-38-25-9-7-20(15-26(25)37-2)21-5-4-10-32-17-21/h4-10,15-17H,3,11-14,18-19H2,1-2H3,(H,33,36). The van der Waals surface area contributed by atoms with Crippen LogP contribution in [0.1, 0.15) is 18.1 Å². The second kappa shape index (κ2) is 12.3. The molecule has 1 fully saturated rings. The van der Waals surface area contributed by atoms with E-state index < -0.39 is 24.3 Å². The number of ether oxygens (including phenoxy) is 2. The molecule has 3 aromatic rings. The zero-order valence-electron chi connectivity index (χ0n) is 21.4. The molecule has 0 atom stereocenters. The molecule has 1 aromatic heterocycles. The largest absolute Gasteiger partial charge is 0.493 e. The molecule has 0 unspecified atom stereocenters. The van der Waals surface area contributed by atoms with Crippen LogP contribution in [0.3, 0.4) is 0 Å². The smallest absolute Gasteiger partial charge is 0.416 e. The minimum Gasteiger partial charge on any atom is -0.493 e. The molecule has 1 saturated heterocycles. The number of carbonyl (C=O) groups excluding carboxylic acids is 1. The molecule has 38 heavy (non-hydrogen) atoms. The molecule has 0 aliphatic carbocycles. The first-order chi connectivity index (χ1) is 18.3. The maximum atomic E-state index is 13.9. The number of amides is 1. The summed E-state index contributed by atoms with van der Waals surface area (Å²) in [5.74, 6) is 0.173. The van der Waals surface area contributed by atoms with Gasteiger partial charge in [0.05, 0.1) is 12.7 Å². The van der Waals surface area contributed by atoms with Crippen LogP contribution in [0, 0.1) is 0 Å². The molecule has 0 saturated carbocycles. The lowest BCUT2D eigenvalue weighted by Gasteiger charge is -2.34. The maximum absolute atomic E-state index is 13.9. The van der Waals surface area contributed by atoms with Crippen molar-refractivity contribution in [1.29, 1.82) is 0 Å². The number of carbonyl (C=O) groups is 1. The zero-order chi connectivity index (χ0) is 27.1. The molecule has 10 heteroatoms. The van der Waals surface area contributed by atoms with Crippen LogP contribution in [0.25, 0.3) is 11.1 Å². The van der Waals surface area contributed by atoms with Crippen molar-refractivity contribution in [3.63, 3.8) is 0 Å². The number of alkyl halides is 3. The SMILES string of the molecule is CCN1CCN(Cc2ccc(NC(=O)COc3ccc(-c4cccnc4)cc3OC)cc2C(F)(F)F)CC1. The van der Waals surface area contributed by atoms with Crippen molar-refractivity contribution in [3.05, 3.63) is 72.1 Å². The molecular formula is C28H31F3N4O3. The summed E-state index contributed by atoms with van der Waals surface area (Å²) in [7, 11) is 1.49. The van der Waals surface area contributed by atoms with E-state index in [9.17, 15) is 18.0 Å². The number of nitrogens with zero attached hydrogens (tertiary/aromatic N) is 3.